The van der Waals surface area contributed by atoms with Gasteiger partial charge in [0.05, 0.1) is 18.1 Å². The zero-order chi connectivity index (χ0) is 13.9. The van der Waals surface area contributed by atoms with Crippen molar-refractivity contribution in [2.24, 2.45) is 0 Å². The number of nitrogens with one attached hydrogen (secondary N) is 1. The predicted octanol–water partition coefficient (Wildman–Crippen LogP) is 2.54. The average Bonchev–Trinajstić information content (AvgIpc) is 2.89. The fraction of sp³-hybridized carbons (Fsp3) is 0.533. The summed E-state index contributed by atoms with van der Waals surface area (Å²) in [5.41, 5.74) is 0.642. The monoisotopic (exact) mass is 279 g/mol. The molecule has 1 aromatic carbocycles. The molecule has 0 bridgehead atoms. The highest BCUT2D eigenvalue weighted by Crippen LogP contribution is 2.39. The number of amides is 1. The normalized spacial score (nSPS) is 18.2. The van der Waals surface area contributed by atoms with Crippen LogP contribution in [0.4, 0.5) is 0 Å². The molecular weight excluding hydrogens is 258 g/mol. The Morgan fingerprint density at radius 1 is 1.42 bits per heavy atom. The maximum Gasteiger partial charge on any atom is 0.228 e. The first-order valence-corrected chi connectivity index (χ1v) is 7.79. The van der Waals surface area contributed by atoms with Crippen molar-refractivity contribution in [3.63, 3.8) is 0 Å². The van der Waals surface area contributed by atoms with E-state index in [9.17, 15) is 9.90 Å². The van der Waals surface area contributed by atoms with Crippen molar-refractivity contribution in [3.05, 3.63) is 29.8 Å². The molecule has 0 saturated carbocycles. The lowest BCUT2D eigenvalue weighted by Gasteiger charge is -2.32. The van der Waals surface area contributed by atoms with Crippen LogP contribution in [0.2, 0.25) is 0 Å². The number of fused-ring (bicyclic) bond motifs is 1. The largest absolute Gasteiger partial charge is 0.394 e. The number of rotatable bonds is 5. The van der Waals surface area contributed by atoms with Crippen molar-refractivity contribution in [1.29, 1.82) is 0 Å². The van der Waals surface area contributed by atoms with Crippen LogP contribution in [0.5, 0.6) is 0 Å². The number of carbonyl (C=O) groups excluding carboxylic acids is 1. The Kier molecular flexibility index (Phi) is 4.53. The summed E-state index contributed by atoms with van der Waals surface area (Å²) in [6.07, 6.45) is 1.49. The maximum atomic E-state index is 12.5. The summed E-state index contributed by atoms with van der Waals surface area (Å²) in [7, 11) is 0. The number of hydrogen-bond donors (Lipinski definition) is 2. The van der Waals surface area contributed by atoms with Gasteiger partial charge in [-0.1, -0.05) is 32.0 Å². The van der Waals surface area contributed by atoms with Gasteiger partial charge in [-0.2, -0.15) is 0 Å². The van der Waals surface area contributed by atoms with Crippen molar-refractivity contribution < 1.29 is 9.90 Å². The van der Waals surface area contributed by atoms with Crippen molar-refractivity contribution in [1.82, 2.24) is 5.32 Å². The highest BCUT2D eigenvalue weighted by atomic mass is 32.2. The lowest BCUT2D eigenvalue weighted by atomic mass is 9.91. The van der Waals surface area contributed by atoms with Crippen molar-refractivity contribution >= 4 is 17.7 Å². The van der Waals surface area contributed by atoms with Crippen molar-refractivity contribution in [2.45, 2.75) is 43.0 Å². The molecule has 1 amide bonds. The smallest absolute Gasteiger partial charge is 0.228 e. The van der Waals surface area contributed by atoms with Crippen LogP contribution in [-0.2, 0) is 4.79 Å². The van der Waals surface area contributed by atoms with Gasteiger partial charge >= 0.3 is 0 Å². The fourth-order valence-electron chi connectivity index (χ4n) is 2.42. The summed E-state index contributed by atoms with van der Waals surface area (Å²) in [5.74, 6) is 0.737. The number of aliphatic hydroxyl groups is 1. The van der Waals surface area contributed by atoms with E-state index in [4.69, 9.17) is 0 Å². The van der Waals surface area contributed by atoms with Crippen LogP contribution in [0.1, 0.15) is 38.2 Å². The van der Waals surface area contributed by atoms with E-state index in [1.54, 1.807) is 11.8 Å². The fourth-order valence-corrected chi connectivity index (χ4v) is 3.65. The Bertz CT molecular complexity index is 449. The molecule has 104 valence electrons. The SMILES string of the molecule is CCC(CC)(CO)NC(=O)C1CSc2ccccc21. The van der Waals surface area contributed by atoms with Gasteiger partial charge < -0.3 is 10.4 Å². The number of aliphatic hydroxyl groups excluding tert-OH is 1. The van der Waals surface area contributed by atoms with Gasteiger partial charge in [-0.05, 0) is 24.5 Å². The highest BCUT2D eigenvalue weighted by molar-refractivity contribution is 7.99. The van der Waals surface area contributed by atoms with Crippen molar-refractivity contribution in [3.8, 4) is 0 Å². The van der Waals surface area contributed by atoms with Crippen LogP contribution in [-0.4, -0.2) is 28.9 Å². The van der Waals surface area contributed by atoms with E-state index in [1.165, 1.54) is 4.90 Å². The lowest BCUT2D eigenvalue weighted by molar-refractivity contribution is -0.124. The molecule has 1 aliphatic heterocycles. The molecule has 2 rings (SSSR count). The third kappa shape index (κ3) is 2.79. The van der Waals surface area contributed by atoms with Gasteiger partial charge in [0.25, 0.3) is 0 Å². The van der Waals surface area contributed by atoms with Crippen LogP contribution in [0.15, 0.2) is 29.2 Å². The van der Waals surface area contributed by atoms with Gasteiger partial charge in [-0.15, -0.1) is 11.8 Å². The topological polar surface area (TPSA) is 49.3 Å². The van der Waals surface area contributed by atoms with Crippen LogP contribution in [0.25, 0.3) is 0 Å². The van der Waals surface area contributed by atoms with Crippen LogP contribution in [0.3, 0.4) is 0 Å². The molecule has 0 spiro atoms. The molecule has 1 aromatic rings. The summed E-state index contributed by atoms with van der Waals surface area (Å²) in [6.45, 7) is 3.99. The third-order valence-electron chi connectivity index (χ3n) is 4.06. The number of thioether (sulfide) groups is 1. The zero-order valence-electron chi connectivity index (χ0n) is 11.5. The molecular formula is C15H21NO2S. The molecule has 19 heavy (non-hydrogen) atoms. The van der Waals surface area contributed by atoms with Gasteiger partial charge in [0.2, 0.25) is 5.91 Å². The van der Waals surface area contributed by atoms with Gasteiger partial charge in [-0.3, -0.25) is 4.79 Å². The first-order valence-electron chi connectivity index (χ1n) is 6.80. The molecule has 0 saturated heterocycles. The summed E-state index contributed by atoms with van der Waals surface area (Å²) in [4.78, 5) is 13.7. The van der Waals surface area contributed by atoms with Crippen molar-refractivity contribution in [2.75, 3.05) is 12.4 Å². The van der Waals surface area contributed by atoms with Gasteiger partial charge in [-0.25, -0.2) is 0 Å². The van der Waals surface area contributed by atoms with E-state index in [1.807, 2.05) is 32.0 Å². The number of hydrogen-bond acceptors (Lipinski definition) is 3. The van der Waals surface area contributed by atoms with E-state index >= 15 is 0 Å². The van der Waals surface area contributed by atoms with Crippen LogP contribution < -0.4 is 5.32 Å². The maximum absolute atomic E-state index is 12.5. The minimum atomic E-state index is -0.473. The molecule has 0 aromatic heterocycles. The van der Waals surface area contributed by atoms with Crippen LogP contribution >= 0.6 is 11.8 Å². The minimum absolute atomic E-state index is 0.00670. The zero-order valence-corrected chi connectivity index (χ0v) is 12.3. The highest BCUT2D eigenvalue weighted by Gasteiger charge is 2.34. The first kappa shape index (κ1) is 14.4. The van der Waals surface area contributed by atoms with Gasteiger partial charge in [0, 0.05) is 10.6 Å². The summed E-state index contributed by atoms with van der Waals surface area (Å²) >= 11 is 1.73. The molecule has 1 aliphatic rings. The molecule has 4 heteroatoms. The first-order chi connectivity index (χ1) is 9.15. The summed E-state index contributed by atoms with van der Waals surface area (Å²) in [6, 6.07) is 8.07. The molecule has 0 radical (unpaired) electrons. The Balaban J connectivity index is 2.14. The van der Waals surface area contributed by atoms with E-state index in [0.717, 1.165) is 24.2 Å². The van der Waals surface area contributed by atoms with E-state index in [2.05, 4.69) is 11.4 Å². The molecule has 1 unspecified atom stereocenters. The standard InChI is InChI=1S/C15H21NO2S/c1-3-15(4-2,10-17)16-14(18)12-9-19-13-8-6-5-7-11(12)13/h5-8,12,17H,3-4,9-10H2,1-2H3,(H,16,18). The second kappa shape index (κ2) is 5.97. The molecule has 1 heterocycles. The van der Waals surface area contributed by atoms with Gasteiger partial charge in [0.1, 0.15) is 0 Å². The Morgan fingerprint density at radius 2 is 2.11 bits per heavy atom. The second-order valence-electron chi connectivity index (χ2n) is 5.04. The molecule has 3 nitrogen and oxygen atoms in total. The third-order valence-corrected chi connectivity index (χ3v) is 5.24. The van der Waals surface area contributed by atoms with Crippen LogP contribution in [0, 0.1) is 0 Å². The molecule has 1 atom stereocenters. The minimum Gasteiger partial charge on any atom is -0.394 e. The number of benzene rings is 1. The van der Waals surface area contributed by atoms with E-state index in [-0.39, 0.29) is 18.4 Å². The molecule has 0 aliphatic carbocycles. The molecule has 0 fully saturated rings. The average molecular weight is 279 g/mol. The van der Waals surface area contributed by atoms with Gasteiger partial charge in [0.15, 0.2) is 0 Å². The molecule has 2 N–H and O–H groups in total. The predicted molar refractivity (Wildman–Crippen MR) is 78.4 cm³/mol. The number of carbonyl (C=O) groups is 1. The quantitative estimate of drug-likeness (QED) is 0.871. The summed E-state index contributed by atoms with van der Waals surface area (Å²) < 4.78 is 0. The Morgan fingerprint density at radius 3 is 2.74 bits per heavy atom. The Hall–Kier alpha value is -1.00. The van der Waals surface area contributed by atoms with E-state index < -0.39 is 5.54 Å². The lowest BCUT2D eigenvalue weighted by Crippen LogP contribution is -2.52. The van der Waals surface area contributed by atoms with E-state index in [0.29, 0.717) is 0 Å². The Labute approximate surface area is 118 Å². The second-order valence-corrected chi connectivity index (χ2v) is 6.10. The summed E-state index contributed by atoms with van der Waals surface area (Å²) in [5, 5.41) is 12.6.